The molecule has 0 spiro atoms. The van der Waals surface area contributed by atoms with Gasteiger partial charge in [-0.25, -0.2) is 4.98 Å². The molecule has 1 saturated carbocycles. The number of hydrogen-bond acceptors (Lipinski definition) is 2. The van der Waals surface area contributed by atoms with Crippen LogP contribution in [0.5, 0.6) is 0 Å². The molecule has 1 heterocycles. The highest BCUT2D eigenvalue weighted by Crippen LogP contribution is 2.39. The summed E-state index contributed by atoms with van der Waals surface area (Å²) >= 11 is 5.88. The number of benzene rings is 1. The quantitative estimate of drug-likeness (QED) is 0.827. The van der Waals surface area contributed by atoms with Crippen LogP contribution in [0.3, 0.4) is 0 Å². The third kappa shape index (κ3) is 2.80. The van der Waals surface area contributed by atoms with E-state index < -0.39 is 0 Å². The monoisotopic (exact) mass is 286 g/mol. The molecule has 3 rings (SSSR count). The molecule has 3 heteroatoms. The number of nitrogens with zero attached hydrogens (tertiary/aromatic N) is 1. The summed E-state index contributed by atoms with van der Waals surface area (Å²) in [6, 6.07) is 13.2. The van der Waals surface area contributed by atoms with E-state index >= 15 is 0 Å². The molecular weight excluding hydrogens is 268 g/mol. The maximum absolute atomic E-state index is 5.88. The molecule has 0 atom stereocenters. The summed E-state index contributed by atoms with van der Waals surface area (Å²) in [7, 11) is 0. The molecular formula is C17H19ClN2. The summed E-state index contributed by atoms with van der Waals surface area (Å²) in [5.74, 6) is 0.688. The second-order valence-corrected chi connectivity index (χ2v) is 6.08. The Kier molecular flexibility index (Phi) is 3.66. The maximum Gasteiger partial charge on any atom is 0.129 e. The van der Waals surface area contributed by atoms with E-state index in [4.69, 9.17) is 11.6 Å². The molecule has 1 fully saturated rings. The number of hydrogen-bond donors (Lipinski definition) is 1. The zero-order chi connectivity index (χ0) is 14.1. The van der Waals surface area contributed by atoms with Gasteiger partial charge >= 0.3 is 0 Å². The second-order valence-electron chi connectivity index (χ2n) is 5.69. The average molecular weight is 287 g/mol. The number of aromatic nitrogens is 1. The van der Waals surface area contributed by atoms with Gasteiger partial charge in [0.25, 0.3) is 0 Å². The molecule has 0 bridgehead atoms. The van der Waals surface area contributed by atoms with Gasteiger partial charge in [-0.2, -0.15) is 0 Å². The van der Waals surface area contributed by atoms with Gasteiger partial charge in [0.05, 0.1) is 11.4 Å². The third-order valence-corrected chi connectivity index (χ3v) is 4.27. The molecule has 0 radical (unpaired) electrons. The van der Waals surface area contributed by atoms with Crippen LogP contribution in [0.2, 0.25) is 5.15 Å². The van der Waals surface area contributed by atoms with Crippen molar-refractivity contribution < 1.29 is 0 Å². The third-order valence-electron chi connectivity index (χ3n) is 4.06. The number of nitrogens with one attached hydrogen (secondary N) is 1. The Labute approximate surface area is 125 Å². The first-order chi connectivity index (χ1) is 9.61. The molecule has 104 valence electrons. The molecule has 1 N–H and O–H groups in total. The summed E-state index contributed by atoms with van der Waals surface area (Å²) in [5, 5.41) is 4.12. The Bertz CT molecular complexity index is 618. The van der Waals surface area contributed by atoms with E-state index in [0.717, 1.165) is 11.4 Å². The molecule has 20 heavy (non-hydrogen) atoms. The normalized spacial score (nSPS) is 21.4. The number of aryl methyl sites for hydroxylation is 2. The Hall–Kier alpha value is -1.54. The van der Waals surface area contributed by atoms with Gasteiger partial charge in [0.2, 0.25) is 0 Å². The van der Waals surface area contributed by atoms with Crippen LogP contribution in [-0.4, -0.2) is 11.0 Å². The van der Waals surface area contributed by atoms with E-state index in [-0.39, 0.29) is 0 Å². The first-order valence-corrected chi connectivity index (χ1v) is 7.46. The fourth-order valence-electron chi connectivity index (χ4n) is 2.83. The second kappa shape index (κ2) is 5.45. The lowest BCUT2D eigenvalue weighted by Crippen LogP contribution is -2.34. The molecule has 1 aliphatic rings. The van der Waals surface area contributed by atoms with E-state index in [9.17, 15) is 0 Å². The van der Waals surface area contributed by atoms with Crippen molar-refractivity contribution in [3.63, 3.8) is 0 Å². The van der Waals surface area contributed by atoms with Crippen molar-refractivity contribution in [2.45, 2.75) is 38.6 Å². The molecule has 1 aromatic heterocycles. The van der Waals surface area contributed by atoms with Crippen molar-refractivity contribution in [2.24, 2.45) is 0 Å². The van der Waals surface area contributed by atoms with Crippen molar-refractivity contribution >= 4 is 17.3 Å². The summed E-state index contributed by atoms with van der Waals surface area (Å²) in [5.41, 5.74) is 4.88. The standard InChI is InChI=1S/C17H19ClN2/c1-11-4-3-5-13(8-11)14-9-15(10-14)20-16-6-7-17(18)19-12(16)2/h3-8,14-15,20H,9-10H2,1-2H3. The van der Waals surface area contributed by atoms with E-state index in [1.54, 1.807) is 0 Å². The minimum atomic E-state index is 0.544. The molecule has 0 unspecified atom stereocenters. The van der Waals surface area contributed by atoms with Crippen molar-refractivity contribution in [1.82, 2.24) is 4.98 Å². The van der Waals surface area contributed by atoms with Crippen molar-refractivity contribution in [3.05, 3.63) is 58.4 Å². The molecule has 0 saturated heterocycles. The van der Waals surface area contributed by atoms with Gasteiger partial charge in [0, 0.05) is 6.04 Å². The number of halogens is 1. The van der Waals surface area contributed by atoms with Crippen molar-refractivity contribution in [1.29, 1.82) is 0 Å². The largest absolute Gasteiger partial charge is 0.381 e. The summed E-state index contributed by atoms with van der Waals surface area (Å²) in [6.45, 7) is 4.14. The van der Waals surface area contributed by atoms with E-state index in [2.05, 4.69) is 41.5 Å². The molecule has 1 aromatic carbocycles. The van der Waals surface area contributed by atoms with Gasteiger partial charge in [-0.1, -0.05) is 41.4 Å². The average Bonchev–Trinajstić information content (AvgIpc) is 2.35. The number of pyridine rings is 1. The van der Waals surface area contributed by atoms with E-state index in [0.29, 0.717) is 17.1 Å². The van der Waals surface area contributed by atoms with E-state index in [1.807, 2.05) is 19.1 Å². The lowest BCUT2D eigenvalue weighted by atomic mass is 9.75. The highest BCUT2D eigenvalue weighted by molar-refractivity contribution is 6.29. The first kappa shape index (κ1) is 13.4. The van der Waals surface area contributed by atoms with E-state index in [1.165, 1.54) is 24.0 Å². The van der Waals surface area contributed by atoms with Crippen LogP contribution in [0.15, 0.2) is 36.4 Å². The highest BCUT2D eigenvalue weighted by Gasteiger charge is 2.30. The van der Waals surface area contributed by atoms with Crippen LogP contribution in [0.1, 0.15) is 35.6 Å². The minimum absolute atomic E-state index is 0.544. The number of anilines is 1. The van der Waals surface area contributed by atoms with Gasteiger partial charge in [0.1, 0.15) is 5.15 Å². The Morgan fingerprint density at radius 3 is 2.65 bits per heavy atom. The van der Waals surface area contributed by atoms with Crippen LogP contribution in [0, 0.1) is 13.8 Å². The van der Waals surface area contributed by atoms with Crippen molar-refractivity contribution in [3.8, 4) is 0 Å². The maximum atomic E-state index is 5.88. The smallest absolute Gasteiger partial charge is 0.129 e. The lowest BCUT2D eigenvalue weighted by molar-refractivity contribution is 0.374. The van der Waals surface area contributed by atoms with Crippen LogP contribution >= 0.6 is 11.6 Å². The molecule has 0 aliphatic heterocycles. The van der Waals surface area contributed by atoms with Gasteiger partial charge < -0.3 is 5.32 Å². The fraction of sp³-hybridized carbons (Fsp3) is 0.353. The summed E-state index contributed by atoms with van der Waals surface area (Å²) in [4.78, 5) is 4.28. The van der Waals surface area contributed by atoms with Crippen LogP contribution < -0.4 is 5.32 Å². The molecule has 2 nitrogen and oxygen atoms in total. The first-order valence-electron chi connectivity index (χ1n) is 7.08. The van der Waals surface area contributed by atoms with Crippen molar-refractivity contribution in [2.75, 3.05) is 5.32 Å². The van der Waals surface area contributed by atoms with Crippen LogP contribution in [-0.2, 0) is 0 Å². The lowest BCUT2D eigenvalue weighted by Gasteiger charge is -2.37. The predicted octanol–water partition coefficient (Wildman–Crippen LogP) is 4.71. The Morgan fingerprint density at radius 2 is 1.95 bits per heavy atom. The molecule has 0 amide bonds. The Balaban J connectivity index is 1.61. The fourth-order valence-corrected chi connectivity index (χ4v) is 3.02. The van der Waals surface area contributed by atoms with Crippen LogP contribution in [0.4, 0.5) is 5.69 Å². The topological polar surface area (TPSA) is 24.9 Å². The zero-order valence-electron chi connectivity index (χ0n) is 11.9. The summed E-state index contributed by atoms with van der Waals surface area (Å²) in [6.07, 6.45) is 2.37. The minimum Gasteiger partial charge on any atom is -0.381 e. The highest BCUT2D eigenvalue weighted by atomic mass is 35.5. The predicted molar refractivity (Wildman–Crippen MR) is 84.5 cm³/mol. The Morgan fingerprint density at radius 1 is 1.15 bits per heavy atom. The van der Waals surface area contributed by atoms with Crippen LogP contribution in [0.25, 0.3) is 0 Å². The molecule has 2 aromatic rings. The summed E-state index contributed by atoms with van der Waals surface area (Å²) < 4.78 is 0. The molecule has 1 aliphatic carbocycles. The number of rotatable bonds is 3. The van der Waals surface area contributed by atoms with Gasteiger partial charge in [-0.15, -0.1) is 0 Å². The zero-order valence-corrected chi connectivity index (χ0v) is 12.6. The SMILES string of the molecule is Cc1cccc(C2CC(Nc3ccc(Cl)nc3C)C2)c1. The van der Waals surface area contributed by atoms with Gasteiger partial charge in [0.15, 0.2) is 0 Å². The van der Waals surface area contributed by atoms with Gasteiger partial charge in [-0.05, 0) is 50.3 Å². The van der Waals surface area contributed by atoms with Gasteiger partial charge in [-0.3, -0.25) is 0 Å².